The molecule has 0 aliphatic heterocycles. The Morgan fingerprint density at radius 1 is 1.42 bits per heavy atom. The number of nitrogens with zero attached hydrogens (tertiary/aromatic N) is 2. The van der Waals surface area contributed by atoms with Crippen molar-refractivity contribution in [3.63, 3.8) is 0 Å². The third kappa shape index (κ3) is 2.93. The SMILES string of the molecule is CCCC(OC)c1noc(-c2cc(C)ccc2N)n1. The van der Waals surface area contributed by atoms with Gasteiger partial charge < -0.3 is 15.0 Å². The molecular weight excluding hydrogens is 242 g/mol. The van der Waals surface area contributed by atoms with E-state index in [9.17, 15) is 0 Å². The summed E-state index contributed by atoms with van der Waals surface area (Å²) in [4.78, 5) is 4.39. The monoisotopic (exact) mass is 261 g/mol. The lowest BCUT2D eigenvalue weighted by Gasteiger charge is -2.08. The fourth-order valence-electron chi connectivity index (χ4n) is 1.94. The van der Waals surface area contributed by atoms with Crippen LogP contribution in [0.4, 0.5) is 5.69 Å². The number of hydrogen-bond donors (Lipinski definition) is 1. The molecule has 1 unspecified atom stereocenters. The lowest BCUT2D eigenvalue weighted by molar-refractivity contribution is 0.0854. The Labute approximate surface area is 112 Å². The minimum Gasteiger partial charge on any atom is -0.398 e. The fraction of sp³-hybridized carbons (Fsp3) is 0.429. The van der Waals surface area contributed by atoms with E-state index in [4.69, 9.17) is 15.0 Å². The van der Waals surface area contributed by atoms with E-state index in [0.29, 0.717) is 17.4 Å². The van der Waals surface area contributed by atoms with Crippen LogP contribution in [0.3, 0.4) is 0 Å². The number of nitrogen functional groups attached to an aromatic ring is 1. The van der Waals surface area contributed by atoms with Crippen molar-refractivity contribution in [1.82, 2.24) is 10.1 Å². The molecule has 0 bridgehead atoms. The molecule has 19 heavy (non-hydrogen) atoms. The molecule has 0 spiro atoms. The van der Waals surface area contributed by atoms with Crippen molar-refractivity contribution >= 4 is 5.69 Å². The molecule has 0 aliphatic carbocycles. The number of benzene rings is 1. The smallest absolute Gasteiger partial charge is 0.260 e. The van der Waals surface area contributed by atoms with Gasteiger partial charge in [-0.25, -0.2) is 0 Å². The number of rotatable bonds is 5. The summed E-state index contributed by atoms with van der Waals surface area (Å²) in [7, 11) is 1.65. The molecule has 1 aromatic carbocycles. The average molecular weight is 261 g/mol. The van der Waals surface area contributed by atoms with Crippen LogP contribution in [0.5, 0.6) is 0 Å². The summed E-state index contributed by atoms with van der Waals surface area (Å²) in [6.45, 7) is 4.08. The summed E-state index contributed by atoms with van der Waals surface area (Å²) in [5.41, 5.74) is 8.44. The van der Waals surface area contributed by atoms with Gasteiger partial charge in [0.15, 0.2) is 0 Å². The number of ether oxygens (including phenoxy) is 1. The van der Waals surface area contributed by atoms with E-state index in [-0.39, 0.29) is 6.10 Å². The summed E-state index contributed by atoms with van der Waals surface area (Å²) < 4.78 is 10.7. The first kappa shape index (κ1) is 13.5. The first-order valence-electron chi connectivity index (χ1n) is 6.38. The minimum absolute atomic E-state index is 0.131. The van der Waals surface area contributed by atoms with E-state index in [2.05, 4.69) is 17.1 Å². The number of nitrogens with two attached hydrogens (primary N) is 1. The zero-order chi connectivity index (χ0) is 13.8. The van der Waals surface area contributed by atoms with Gasteiger partial charge in [-0.15, -0.1) is 0 Å². The number of aromatic nitrogens is 2. The van der Waals surface area contributed by atoms with E-state index in [1.165, 1.54) is 0 Å². The van der Waals surface area contributed by atoms with Crippen molar-refractivity contribution < 1.29 is 9.26 Å². The predicted molar refractivity (Wildman–Crippen MR) is 73.5 cm³/mol. The molecule has 0 saturated carbocycles. The highest BCUT2D eigenvalue weighted by Crippen LogP contribution is 2.27. The molecule has 0 amide bonds. The van der Waals surface area contributed by atoms with Gasteiger partial charge in [0.2, 0.25) is 5.82 Å². The molecule has 0 aliphatic rings. The first-order valence-corrected chi connectivity index (χ1v) is 6.38. The number of methoxy groups -OCH3 is 1. The maximum Gasteiger partial charge on any atom is 0.260 e. The van der Waals surface area contributed by atoms with Crippen LogP contribution >= 0.6 is 0 Å². The van der Waals surface area contributed by atoms with Crippen LogP contribution in [-0.4, -0.2) is 17.3 Å². The topological polar surface area (TPSA) is 74.2 Å². The lowest BCUT2D eigenvalue weighted by Crippen LogP contribution is -2.03. The van der Waals surface area contributed by atoms with Crippen LogP contribution in [-0.2, 0) is 4.74 Å². The van der Waals surface area contributed by atoms with Gasteiger partial charge >= 0.3 is 0 Å². The average Bonchev–Trinajstić information content (AvgIpc) is 2.88. The second kappa shape index (κ2) is 5.84. The van der Waals surface area contributed by atoms with Gasteiger partial charge in [-0.3, -0.25) is 0 Å². The van der Waals surface area contributed by atoms with Crippen molar-refractivity contribution in [3.8, 4) is 11.5 Å². The number of aryl methyl sites for hydroxylation is 1. The molecule has 0 radical (unpaired) electrons. The quantitative estimate of drug-likeness (QED) is 0.837. The van der Waals surface area contributed by atoms with Gasteiger partial charge in [-0.05, 0) is 25.5 Å². The second-order valence-corrected chi connectivity index (χ2v) is 4.56. The van der Waals surface area contributed by atoms with Gasteiger partial charge in [0.05, 0.1) is 5.56 Å². The van der Waals surface area contributed by atoms with Crippen molar-refractivity contribution in [3.05, 3.63) is 29.6 Å². The predicted octanol–water partition coefficient (Wildman–Crippen LogP) is 3.11. The zero-order valence-corrected chi connectivity index (χ0v) is 11.5. The molecule has 5 heteroatoms. The van der Waals surface area contributed by atoms with E-state index >= 15 is 0 Å². The van der Waals surface area contributed by atoms with E-state index in [0.717, 1.165) is 24.0 Å². The molecule has 2 rings (SSSR count). The van der Waals surface area contributed by atoms with E-state index < -0.39 is 0 Å². The Bertz CT molecular complexity index is 551. The Hall–Kier alpha value is -1.88. The van der Waals surface area contributed by atoms with Gasteiger partial charge in [-0.1, -0.05) is 30.1 Å². The van der Waals surface area contributed by atoms with E-state index in [1.54, 1.807) is 7.11 Å². The van der Waals surface area contributed by atoms with Crippen LogP contribution in [0.1, 0.15) is 37.3 Å². The molecule has 0 saturated heterocycles. The van der Waals surface area contributed by atoms with Crippen molar-refractivity contribution in [2.24, 2.45) is 0 Å². The molecule has 1 aromatic heterocycles. The van der Waals surface area contributed by atoms with Gasteiger partial charge in [0.1, 0.15) is 6.10 Å². The van der Waals surface area contributed by atoms with Gasteiger partial charge in [0.25, 0.3) is 5.89 Å². The summed E-state index contributed by atoms with van der Waals surface area (Å²) >= 11 is 0. The maximum absolute atomic E-state index is 5.94. The molecule has 2 N–H and O–H groups in total. The molecule has 2 aromatic rings. The number of hydrogen-bond acceptors (Lipinski definition) is 5. The van der Waals surface area contributed by atoms with Crippen LogP contribution in [0, 0.1) is 6.92 Å². The van der Waals surface area contributed by atoms with Crippen LogP contribution in [0.25, 0.3) is 11.5 Å². The van der Waals surface area contributed by atoms with Crippen LogP contribution in [0.15, 0.2) is 22.7 Å². The summed E-state index contributed by atoms with van der Waals surface area (Å²) in [5, 5.41) is 3.99. The maximum atomic E-state index is 5.94. The molecular formula is C14H19N3O2. The molecule has 0 fully saturated rings. The summed E-state index contributed by atoms with van der Waals surface area (Å²) in [6.07, 6.45) is 1.72. The summed E-state index contributed by atoms with van der Waals surface area (Å²) in [6, 6.07) is 5.73. The summed E-state index contributed by atoms with van der Waals surface area (Å²) in [5.74, 6) is 1.01. The Morgan fingerprint density at radius 3 is 2.89 bits per heavy atom. The molecule has 5 nitrogen and oxygen atoms in total. The zero-order valence-electron chi connectivity index (χ0n) is 11.5. The van der Waals surface area contributed by atoms with Gasteiger partial charge in [0, 0.05) is 12.8 Å². The highest BCUT2D eigenvalue weighted by Gasteiger charge is 2.18. The third-order valence-electron chi connectivity index (χ3n) is 3.00. The van der Waals surface area contributed by atoms with Crippen molar-refractivity contribution in [2.75, 3.05) is 12.8 Å². The minimum atomic E-state index is -0.131. The highest BCUT2D eigenvalue weighted by molar-refractivity contribution is 5.70. The molecule has 1 atom stereocenters. The Morgan fingerprint density at radius 2 is 2.21 bits per heavy atom. The van der Waals surface area contributed by atoms with Crippen LogP contribution < -0.4 is 5.73 Å². The first-order chi connectivity index (χ1) is 9.15. The molecule has 102 valence electrons. The van der Waals surface area contributed by atoms with Gasteiger partial charge in [-0.2, -0.15) is 4.98 Å². The number of anilines is 1. The normalized spacial score (nSPS) is 12.6. The van der Waals surface area contributed by atoms with Crippen molar-refractivity contribution in [1.29, 1.82) is 0 Å². The second-order valence-electron chi connectivity index (χ2n) is 4.56. The lowest BCUT2D eigenvalue weighted by atomic mass is 10.1. The molecule has 1 heterocycles. The Balaban J connectivity index is 2.32. The fourth-order valence-corrected chi connectivity index (χ4v) is 1.94. The third-order valence-corrected chi connectivity index (χ3v) is 3.00. The van der Waals surface area contributed by atoms with Crippen molar-refractivity contribution in [2.45, 2.75) is 32.8 Å². The highest BCUT2D eigenvalue weighted by atomic mass is 16.5. The van der Waals surface area contributed by atoms with E-state index in [1.807, 2.05) is 25.1 Å². The standard InChI is InChI=1S/C14H19N3O2/c1-4-5-12(18-3)13-16-14(19-17-13)10-8-9(2)6-7-11(10)15/h6-8,12H,4-5,15H2,1-3H3. The largest absolute Gasteiger partial charge is 0.398 e. The Kier molecular flexibility index (Phi) is 4.16. The van der Waals surface area contributed by atoms with Crippen LogP contribution in [0.2, 0.25) is 0 Å².